The fraction of sp³-hybridized carbons (Fsp3) is 0.923. The Balaban J connectivity index is 0.00000220. The van der Waals surface area contributed by atoms with Gasteiger partial charge in [0.25, 0.3) is 0 Å². The van der Waals surface area contributed by atoms with E-state index in [4.69, 9.17) is 5.73 Å². The van der Waals surface area contributed by atoms with Crippen LogP contribution in [0.15, 0.2) is 0 Å². The van der Waals surface area contributed by atoms with E-state index >= 15 is 0 Å². The molecule has 0 aromatic carbocycles. The van der Waals surface area contributed by atoms with E-state index in [0.717, 1.165) is 32.1 Å². The molecule has 6 nitrogen and oxygen atoms in total. The molecule has 0 aromatic heterocycles. The van der Waals surface area contributed by atoms with E-state index in [0.29, 0.717) is 13.1 Å². The summed E-state index contributed by atoms with van der Waals surface area (Å²) in [6.07, 6.45) is 4.61. The Kier molecular flexibility index (Phi) is 6.90. The highest BCUT2D eigenvalue weighted by atomic mass is 35.5. The molecule has 2 aliphatic rings. The molecular formula is C13H26ClN3O3S. The van der Waals surface area contributed by atoms with Gasteiger partial charge >= 0.3 is 0 Å². The van der Waals surface area contributed by atoms with Crippen LogP contribution < -0.4 is 10.5 Å². The number of rotatable bonds is 5. The van der Waals surface area contributed by atoms with Crippen LogP contribution in [0.25, 0.3) is 0 Å². The number of sulfonamides is 1. The smallest absolute Gasteiger partial charge is 0.226 e. The Hall–Kier alpha value is -0.370. The van der Waals surface area contributed by atoms with Gasteiger partial charge in [-0.15, -0.1) is 12.4 Å². The molecule has 1 aliphatic heterocycles. The molecule has 1 amide bonds. The molecule has 1 saturated heterocycles. The van der Waals surface area contributed by atoms with Gasteiger partial charge in [-0.3, -0.25) is 4.79 Å². The number of nitrogens with one attached hydrogen (secondary N) is 1. The van der Waals surface area contributed by atoms with Crippen molar-refractivity contribution in [3.63, 3.8) is 0 Å². The van der Waals surface area contributed by atoms with Gasteiger partial charge in [0, 0.05) is 18.5 Å². The fourth-order valence-corrected chi connectivity index (χ4v) is 4.51. The summed E-state index contributed by atoms with van der Waals surface area (Å²) in [5.41, 5.74) is 5.74. The Bertz CT molecular complexity index is 458. The van der Waals surface area contributed by atoms with Crippen molar-refractivity contribution >= 4 is 28.3 Å². The number of likely N-dealkylation sites (tertiary alicyclic amines) is 1. The van der Waals surface area contributed by atoms with Crippen LogP contribution in [0.2, 0.25) is 0 Å². The topological polar surface area (TPSA) is 92.5 Å². The highest BCUT2D eigenvalue weighted by Crippen LogP contribution is 2.34. The first-order valence-corrected chi connectivity index (χ1v) is 9.05. The predicted molar refractivity (Wildman–Crippen MR) is 84.7 cm³/mol. The highest BCUT2D eigenvalue weighted by molar-refractivity contribution is 7.89. The molecule has 3 atom stereocenters. The van der Waals surface area contributed by atoms with Crippen molar-refractivity contribution in [3.05, 3.63) is 0 Å². The molecule has 3 N–H and O–H groups in total. The summed E-state index contributed by atoms with van der Waals surface area (Å²) in [7, 11) is -1.87. The molecule has 2 rings (SSSR count). The lowest BCUT2D eigenvalue weighted by molar-refractivity contribution is -0.137. The van der Waals surface area contributed by atoms with Gasteiger partial charge in [0.2, 0.25) is 15.9 Å². The Morgan fingerprint density at radius 2 is 2.00 bits per heavy atom. The fourth-order valence-electron chi connectivity index (χ4n) is 3.49. The molecular weight excluding hydrogens is 314 g/mol. The van der Waals surface area contributed by atoms with E-state index < -0.39 is 10.0 Å². The summed E-state index contributed by atoms with van der Waals surface area (Å²) in [4.78, 5) is 14.4. The van der Waals surface area contributed by atoms with Gasteiger partial charge in [0.15, 0.2) is 0 Å². The van der Waals surface area contributed by atoms with Crippen LogP contribution in [0.1, 0.15) is 32.1 Å². The lowest BCUT2D eigenvalue weighted by Crippen LogP contribution is -2.45. The first-order chi connectivity index (χ1) is 9.48. The molecule has 1 aliphatic carbocycles. The zero-order valence-electron chi connectivity index (χ0n) is 12.5. The highest BCUT2D eigenvalue weighted by Gasteiger charge is 2.39. The van der Waals surface area contributed by atoms with Crippen LogP contribution in [0.5, 0.6) is 0 Å². The minimum Gasteiger partial charge on any atom is -0.338 e. The van der Waals surface area contributed by atoms with Crippen LogP contribution in [0, 0.1) is 11.8 Å². The average molecular weight is 340 g/mol. The third-order valence-corrected chi connectivity index (χ3v) is 6.11. The number of carbonyl (C=O) groups is 1. The molecule has 0 spiro atoms. The molecule has 1 saturated carbocycles. The van der Waals surface area contributed by atoms with Crippen molar-refractivity contribution in [1.29, 1.82) is 0 Å². The summed E-state index contributed by atoms with van der Waals surface area (Å²) in [5.74, 6) is 0.393. The molecule has 2 fully saturated rings. The van der Waals surface area contributed by atoms with Crippen molar-refractivity contribution in [2.24, 2.45) is 17.6 Å². The number of carbonyl (C=O) groups excluding carboxylic acids is 1. The van der Waals surface area contributed by atoms with Crippen molar-refractivity contribution in [2.75, 3.05) is 25.9 Å². The SMILES string of the molecule is CNS(=O)(=O)CC1CCCN1C(=O)[C@@H]1CCC[C@@H]1CN.Cl. The minimum atomic E-state index is -3.28. The number of halogens is 1. The van der Waals surface area contributed by atoms with Crippen molar-refractivity contribution in [1.82, 2.24) is 9.62 Å². The van der Waals surface area contributed by atoms with Crippen molar-refractivity contribution < 1.29 is 13.2 Å². The third-order valence-electron chi connectivity index (χ3n) is 4.66. The monoisotopic (exact) mass is 339 g/mol. The number of hydrogen-bond donors (Lipinski definition) is 2. The molecule has 21 heavy (non-hydrogen) atoms. The van der Waals surface area contributed by atoms with E-state index in [9.17, 15) is 13.2 Å². The van der Waals surface area contributed by atoms with E-state index in [1.165, 1.54) is 7.05 Å². The van der Waals surface area contributed by atoms with Gasteiger partial charge in [0.05, 0.1) is 5.75 Å². The van der Waals surface area contributed by atoms with Crippen LogP contribution >= 0.6 is 12.4 Å². The van der Waals surface area contributed by atoms with Crippen LogP contribution in [-0.4, -0.2) is 51.2 Å². The van der Waals surface area contributed by atoms with Crippen LogP contribution in [0.4, 0.5) is 0 Å². The van der Waals surface area contributed by atoms with Crippen molar-refractivity contribution in [2.45, 2.75) is 38.1 Å². The second kappa shape index (κ2) is 7.76. The van der Waals surface area contributed by atoms with Gasteiger partial charge in [-0.1, -0.05) is 6.42 Å². The number of hydrogen-bond acceptors (Lipinski definition) is 4. The Morgan fingerprint density at radius 3 is 2.62 bits per heavy atom. The van der Waals surface area contributed by atoms with E-state index in [1.54, 1.807) is 4.90 Å². The second-order valence-corrected chi connectivity index (χ2v) is 7.82. The molecule has 0 radical (unpaired) electrons. The normalized spacial score (nSPS) is 29.4. The molecule has 1 unspecified atom stereocenters. The quantitative estimate of drug-likeness (QED) is 0.754. The van der Waals surface area contributed by atoms with Gasteiger partial charge in [-0.05, 0) is 45.2 Å². The summed E-state index contributed by atoms with van der Waals surface area (Å²) in [5, 5.41) is 0. The maximum atomic E-state index is 12.7. The van der Waals surface area contributed by atoms with Crippen LogP contribution in [-0.2, 0) is 14.8 Å². The Labute approximate surface area is 133 Å². The molecule has 0 aromatic rings. The van der Waals surface area contributed by atoms with E-state index in [-0.39, 0.29) is 41.9 Å². The van der Waals surface area contributed by atoms with Gasteiger partial charge in [-0.2, -0.15) is 0 Å². The minimum absolute atomic E-state index is 0. The number of amides is 1. The lowest BCUT2D eigenvalue weighted by atomic mass is 9.94. The van der Waals surface area contributed by atoms with E-state index in [2.05, 4.69) is 4.72 Å². The standard InChI is InChI=1S/C13H25N3O3S.ClH/c1-15-20(18,19)9-11-5-3-7-16(11)13(17)12-6-2-4-10(12)8-14;/h10-12,15H,2-9,14H2,1H3;1H/t10-,11?,12-;/m1./s1. The zero-order chi connectivity index (χ0) is 14.8. The van der Waals surface area contributed by atoms with Gasteiger partial charge in [0.1, 0.15) is 0 Å². The van der Waals surface area contributed by atoms with Crippen molar-refractivity contribution in [3.8, 4) is 0 Å². The maximum Gasteiger partial charge on any atom is 0.226 e. The average Bonchev–Trinajstić information content (AvgIpc) is 3.05. The first kappa shape index (κ1) is 18.7. The molecule has 1 heterocycles. The van der Waals surface area contributed by atoms with Gasteiger partial charge in [-0.25, -0.2) is 13.1 Å². The Morgan fingerprint density at radius 1 is 1.29 bits per heavy atom. The largest absolute Gasteiger partial charge is 0.338 e. The zero-order valence-corrected chi connectivity index (χ0v) is 14.1. The molecule has 0 bridgehead atoms. The third kappa shape index (κ3) is 4.31. The maximum absolute atomic E-state index is 12.7. The van der Waals surface area contributed by atoms with Crippen LogP contribution in [0.3, 0.4) is 0 Å². The summed E-state index contributed by atoms with van der Waals surface area (Å²) < 4.78 is 25.7. The molecule has 124 valence electrons. The first-order valence-electron chi connectivity index (χ1n) is 7.40. The summed E-state index contributed by atoms with van der Waals surface area (Å²) >= 11 is 0. The second-order valence-electron chi connectivity index (χ2n) is 5.85. The summed E-state index contributed by atoms with van der Waals surface area (Å²) in [6.45, 7) is 1.22. The van der Waals surface area contributed by atoms with E-state index in [1.807, 2.05) is 0 Å². The summed E-state index contributed by atoms with van der Waals surface area (Å²) in [6, 6.07) is -0.182. The van der Waals surface area contributed by atoms with Gasteiger partial charge < -0.3 is 10.6 Å². The number of nitrogens with two attached hydrogens (primary N) is 1. The lowest BCUT2D eigenvalue weighted by Gasteiger charge is -2.29. The predicted octanol–water partition coefficient (Wildman–Crippen LogP) is 0.323. The molecule has 8 heteroatoms. The number of nitrogens with zero attached hydrogens (tertiary/aromatic N) is 1.